The van der Waals surface area contributed by atoms with Gasteiger partial charge < -0.3 is 24.4 Å². The number of nitrogens with zero attached hydrogens (tertiary/aromatic N) is 1. The maximum atomic E-state index is 12.1. The minimum absolute atomic E-state index is 0.447. The number of nitrogens with one attached hydrogen (secondary N) is 1. The highest BCUT2D eigenvalue weighted by Crippen LogP contribution is 2.55. The van der Waals surface area contributed by atoms with Crippen LogP contribution in [0, 0.1) is 0 Å². The van der Waals surface area contributed by atoms with Crippen LogP contribution in [-0.2, 0) is 13.8 Å². The van der Waals surface area contributed by atoms with Crippen LogP contribution in [0.15, 0.2) is 21.9 Å². The predicted octanol–water partition coefficient (Wildman–Crippen LogP) is -0.844. The van der Waals surface area contributed by atoms with E-state index in [9.17, 15) is 29.3 Å². The Hall–Kier alpha value is -1.29. The Morgan fingerprint density at radius 3 is 2.50 bits per heavy atom. The normalized spacial score (nSPS) is 30.2. The van der Waals surface area contributed by atoms with Crippen molar-refractivity contribution in [1.82, 2.24) is 9.55 Å². The van der Waals surface area contributed by atoms with Crippen LogP contribution in [0.25, 0.3) is 0 Å². The van der Waals surface area contributed by atoms with Crippen molar-refractivity contribution in [3.05, 3.63) is 33.1 Å². The van der Waals surface area contributed by atoms with Gasteiger partial charge in [0.25, 0.3) is 5.56 Å². The van der Waals surface area contributed by atoms with Crippen LogP contribution in [0.1, 0.15) is 27.0 Å². The maximum absolute atomic E-state index is 12.1. The third kappa shape index (κ3) is 3.69. The summed E-state index contributed by atoms with van der Waals surface area (Å²) < 4.78 is 23.4. The molecular formula is C13H21N2O8P. The highest BCUT2D eigenvalue weighted by molar-refractivity contribution is 7.54. The molecule has 24 heavy (non-hydrogen) atoms. The summed E-state index contributed by atoms with van der Waals surface area (Å²) >= 11 is 0. The van der Waals surface area contributed by atoms with Gasteiger partial charge in [0, 0.05) is 12.3 Å². The van der Waals surface area contributed by atoms with Crippen molar-refractivity contribution in [2.45, 2.75) is 50.5 Å². The number of aliphatic hydroxyl groups is 2. The summed E-state index contributed by atoms with van der Waals surface area (Å²) in [6, 6.07) is 1.06. The first kappa shape index (κ1) is 19.0. The van der Waals surface area contributed by atoms with E-state index in [0.717, 1.165) is 16.8 Å². The summed E-state index contributed by atoms with van der Waals surface area (Å²) in [5.74, 6) is 0. The van der Waals surface area contributed by atoms with Gasteiger partial charge >= 0.3 is 13.3 Å². The van der Waals surface area contributed by atoms with Crippen LogP contribution in [0.3, 0.4) is 0 Å². The van der Waals surface area contributed by atoms with Gasteiger partial charge in [-0.2, -0.15) is 0 Å². The fraction of sp³-hybridized carbons (Fsp3) is 0.692. The highest BCUT2D eigenvalue weighted by atomic mass is 31.2. The third-order valence-electron chi connectivity index (χ3n) is 3.72. The van der Waals surface area contributed by atoms with E-state index in [1.807, 2.05) is 4.98 Å². The van der Waals surface area contributed by atoms with Crippen LogP contribution in [0.5, 0.6) is 0 Å². The van der Waals surface area contributed by atoms with Crippen molar-refractivity contribution < 1.29 is 28.9 Å². The number of ether oxygens (including phenoxy) is 1. The molecule has 5 unspecified atom stereocenters. The zero-order valence-electron chi connectivity index (χ0n) is 13.4. The standard InChI is InChI=1S/C13H21N2O8P/c1-13(2,3)24(20,21)22-6-7-9(17)10(18)11(23-7)15-5-4-8(16)14-12(15)19/h4-5,7,9-11,17-18H,6H2,1-3H3,(H,20,21)(H,14,16,19). The average Bonchev–Trinajstić information content (AvgIpc) is 2.72. The van der Waals surface area contributed by atoms with E-state index in [-0.39, 0.29) is 0 Å². The fourth-order valence-electron chi connectivity index (χ4n) is 2.09. The summed E-state index contributed by atoms with van der Waals surface area (Å²) in [5.41, 5.74) is -1.43. The number of hydrogen-bond acceptors (Lipinski definition) is 7. The lowest BCUT2D eigenvalue weighted by molar-refractivity contribution is -0.0529. The fourth-order valence-corrected chi connectivity index (χ4v) is 2.83. The quantitative estimate of drug-likeness (QED) is 0.505. The van der Waals surface area contributed by atoms with Gasteiger partial charge in [0.2, 0.25) is 0 Å². The van der Waals surface area contributed by atoms with Crippen molar-refractivity contribution >= 4 is 7.60 Å². The molecule has 1 fully saturated rings. The lowest BCUT2D eigenvalue weighted by Crippen LogP contribution is -2.37. The molecule has 4 N–H and O–H groups in total. The zero-order valence-corrected chi connectivity index (χ0v) is 14.3. The van der Waals surface area contributed by atoms with Crippen molar-refractivity contribution in [3.63, 3.8) is 0 Å². The Kier molecular flexibility index (Phi) is 5.19. The molecule has 0 aliphatic carbocycles. The molecule has 5 atom stereocenters. The summed E-state index contributed by atoms with van der Waals surface area (Å²) in [4.78, 5) is 34.7. The molecule has 0 amide bonds. The van der Waals surface area contributed by atoms with Crippen LogP contribution in [-0.4, -0.2) is 54.7 Å². The molecule has 136 valence electrons. The smallest absolute Gasteiger partial charge is 0.333 e. The van der Waals surface area contributed by atoms with Crippen molar-refractivity contribution in [2.75, 3.05) is 6.61 Å². The van der Waals surface area contributed by atoms with E-state index in [0.29, 0.717) is 0 Å². The van der Waals surface area contributed by atoms with Gasteiger partial charge in [-0.1, -0.05) is 0 Å². The van der Waals surface area contributed by atoms with E-state index in [1.165, 1.54) is 20.8 Å². The predicted molar refractivity (Wildman–Crippen MR) is 82.8 cm³/mol. The molecule has 1 aliphatic rings. The van der Waals surface area contributed by atoms with Crippen LogP contribution in [0.2, 0.25) is 0 Å². The maximum Gasteiger partial charge on any atom is 0.333 e. The van der Waals surface area contributed by atoms with Crippen LogP contribution >= 0.6 is 7.60 Å². The second kappa shape index (κ2) is 6.55. The van der Waals surface area contributed by atoms with Crippen LogP contribution < -0.4 is 11.2 Å². The van der Waals surface area contributed by atoms with Gasteiger partial charge in [-0.3, -0.25) is 18.9 Å². The minimum Gasteiger partial charge on any atom is -0.387 e. The Balaban J connectivity index is 2.14. The molecule has 0 spiro atoms. The highest BCUT2D eigenvalue weighted by Gasteiger charge is 2.46. The zero-order chi connectivity index (χ0) is 18.3. The van der Waals surface area contributed by atoms with Crippen LogP contribution in [0.4, 0.5) is 0 Å². The molecule has 2 heterocycles. The lowest BCUT2D eigenvalue weighted by Gasteiger charge is -2.26. The van der Waals surface area contributed by atoms with Crippen molar-refractivity contribution in [3.8, 4) is 0 Å². The van der Waals surface area contributed by atoms with E-state index in [2.05, 4.69) is 0 Å². The summed E-state index contributed by atoms with van der Waals surface area (Å²) in [6.07, 6.45) is -4.17. The minimum atomic E-state index is -3.97. The molecule has 0 saturated carbocycles. The third-order valence-corrected chi connectivity index (χ3v) is 5.92. The average molecular weight is 364 g/mol. The second-order valence-corrected chi connectivity index (χ2v) is 9.19. The largest absolute Gasteiger partial charge is 0.387 e. The molecule has 1 aromatic heterocycles. The molecule has 2 rings (SSSR count). The molecule has 1 aliphatic heterocycles. The molecule has 0 radical (unpaired) electrons. The number of hydrogen-bond donors (Lipinski definition) is 4. The Bertz CT molecular complexity index is 751. The first-order chi connectivity index (χ1) is 10.9. The SMILES string of the molecule is CC(C)(C)P(=O)(O)OCC1OC(n2ccc(=O)[nH]c2=O)C(O)C1O. The van der Waals surface area contributed by atoms with Gasteiger partial charge in [-0.25, -0.2) is 4.79 Å². The monoisotopic (exact) mass is 364 g/mol. The molecule has 1 saturated heterocycles. The van der Waals surface area contributed by atoms with Gasteiger partial charge in [0.1, 0.15) is 18.3 Å². The van der Waals surface area contributed by atoms with E-state index >= 15 is 0 Å². The molecule has 11 heteroatoms. The number of H-pyrrole nitrogens is 1. The number of rotatable bonds is 4. The Morgan fingerprint density at radius 2 is 1.96 bits per heavy atom. The molecule has 10 nitrogen and oxygen atoms in total. The Labute approximate surface area is 137 Å². The first-order valence-electron chi connectivity index (χ1n) is 7.24. The topological polar surface area (TPSA) is 151 Å². The summed E-state index contributed by atoms with van der Waals surface area (Å²) in [7, 11) is -3.97. The second-order valence-electron chi connectivity index (χ2n) is 6.55. The first-order valence-corrected chi connectivity index (χ1v) is 8.82. The van der Waals surface area contributed by atoms with Gasteiger partial charge in [0.05, 0.1) is 11.8 Å². The number of aromatic nitrogens is 2. The van der Waals surface area contributed by atoms with E-state index in [1.54, 1.807) is 0 Å². The lowest BCUT2D eigenvalue weighted by atomic mass is 10.1. The number of aromatic amines is 1. The summed E-state index contributed by atoms with van der Waals surface area (Å²) in [5, 5.41) is 19.0. The van der Waals surface area contributed by atoms with Crippen molar-refractivity contribution in [1.29, 1.82) is 0 Å². The molecule has 0 bridgehead atoms. The summed E-state index contributed by atoms with van der Waals surface area (Å²) in [6.45, 7) is 4.13. The number of aliphatic hydroxyl groups excluding tert-OH is 2. The Morgan fingerprint density at radius 1 is 1.33 bits per heavy atom. The van der Waals surface area contributed by atoms with Gasteiger partial charge in [-0.05, 0) is 20.8 Å². The van der Waals surface area contributed by atoms with E-state index in [4.69, 9.17) is 9.26 Å². The van der Waals surface area contributed by atoms with Gasteiger partial charge in [-0.15, -0.1) is 0 Å². The molecular weight excluding hydrogens is 343 g/mol. The molecule has 1 aromatic rings. The van der Waals surface area contributed by atoms with Crippen molar-refractivity contribution in [2.24, 2.45) is 0 Å². The van der Waals surface area contributed by atoms with E-state index < -0.39 is 55.1 Å². The molecule has 0 aromatic carbocycles. The van der Waals surface area contributed by atoms with Gasteiger partial charge in [0.15, 0.2) is 6.23 Å².